The Balaban J connectivity index is 0.00000121. The second kappa shape index (κ2) is 4.11. The first-order valence-corrected chi connectivity index (χ1v) is 3.37. The van der Waals surface area contributed by atoms with E-state index in [-0.39, 0.29) is 12.4 Å². The van der Waals surface area contributed by atoms with Gasteiger partial charge in [0.05, 0.1) is 17.6 Å². The molecule has 0 radical (unpaired) electrons. The summed E-state index contributed by atoms with van der Waals surface area (Å²) in [5, 5.41) is 0. The molecule has 1 aromatic heterocycles. The van der Waals surface area contributed by atoms with Gasteiger partial charge in [0.1, 0.15) is 0 Å². The van der Waals surface area contributed by atoms with Gasteiger partial charge in [-0.3, -0.25) is 0 Å². The zero-order chi connectivity index (χ0) is 8.43. The maximum atomic E-state index is 5.55. The third-order valence-electron chi connectivity index (χ3n) is 1.40. The van der Waals surface area contributed by atoms with Gasteiger partial charge in [-0.15, -0.1) is 12.4 Å². The van der Waals surface area contributed by atoms with Crippen LogP contribution in [0.1, 0.15) is 5.69 Å². The second-order valence-corrected chi connectivity index (χ2v) is 2.61. The Morgan fingerprint density at radius 3 is 2.42 bits per heavy atom. The molecule has 0 unspecified atom stereocenters. The molecule has 0 aliphatic rings. The van der Waals surface area contributed by atoms with Crippen molar-refractivity contribution in [3.63, 3.8) is 0 Å². The van der Waals surface area contributed by atoms with Crippen molar-refractivity contribution in [3.05, 3.63) is 11.9 Å². The van der Waals surface area contributed by atoms with Crippen LogP contribution in [-0.2, 0) is 0 Å². The van der Waals surface area contributed by atoms with Crippen LogP contribution in [-0.4, -0.2) is 24.1 Å². The Labute approximate surface area is 78.2 Å². The Bertz CT molecular complexity index is 262. The summed E-state index contributed by atoms with van der Waals surface area (Å²) in [4.78, 5) is 10.0. The molecule has 5 heteroatoms. The van der Waals surface area contributed by atoms with E-state index >= 15 is 0 Å². The molecular weight excluding hydrogens is 176 g/mol. The lowest BCUT2D eigenvalue weighted by Crippen LogP contribution is -2.13. The normalized spacial score (nSPS) is 8.92. The standard InChI is InChI=1S/C7H12N4.ClH/c1-5-6(8)4-9-7(10-5)11(2)3;/h4H,8H2,1-3H3;1H. The van der Waals surface area contributed by atoms with Crippen molar-refractivity contribution in [2.45, 2.75) is 6.92 Å². The maximum Gasteiger partial charge on any atom is 0.225 e. The van der Waals surface area contributed by atoms with E-state index < -0.39 is 0 Å². The molecule has 0 fully saturated rings. The van der Waals surface area contributed by atoms with Crippen molar-refractivity contribution < 1.29 is 0 Å². The fourth-order valence-electron chi connectivity index (χ4n) is 0.680. The number of rotatable bonds is 1. The van der Waals surface area contributed by atoms with E-state index in [1.807, 2.05) is 25.9 Å². The van der Waals surface area contributed by atoms with Crippen LogP contribution < -0.4 is 10.6 Å². The molecule has 2 N–H and O–H groups in total. The van der Waals surface area contributed by atoms with Gasteiger partial charge in [-0.05, 0) is 6.92 Å². The zero-order valence-electron chi connectivity index (χ0n) is 7.40. The minimum absolute atomic E-state index is 0. The van der Waals surface area contributed by atoms with E-state index in [2.05, 4.69) is 9.97 Å². The van der Waals surface area contributed by atoms with E-state index in [1.165, 1.54) is 0 Å². The van der Waals surface area contributed by atoms with Crippen molar-refractivity contribution in [2.75, 3.05) is 24.7 Å². The van der Waals surface area contributed by atoms with Gasteiger partial charge in [0.2, 0.25) is 5.95 Å². The number of nitrogens with two attached hydrogens (primary N) is 1. The van der Waals surface area contributed by atoms with E-state index in [0.29, 0.717) is 11.6 Å². The summed E-state index contributed by atoms with van der Waals surface area (Å²) in [6, 6.07) is 0. The third-order valence-corrected chi connectivity index (χ3v) is 1.40. The summed E-state index contributed by atoms with van der Waals surface area (Å²) in [6.45, 7) is 1.87. The number of hydrogen-bond acceptors (Lipinski definition) is 4. The molecule has 68 valence electrons. The van der Waals surface area contributed by atoms with Crippen molar-refractivity contribution in [3.8, 4) is 0 Å². The number of hydrogen-bond donors (Lipinski definition) is 1. The Hall–Kier alpha value is -1.03. The number of aryl methyl sites for hydroxylation is 1. The van der Waals surface area contributed by atoms with Gasteiger partial charge >= 0.3 is 0 Å². The summed E-state index contributed by atoms with van der Waals surface area (Å²) in [7, 11) is 3.79. The maximum absolute atomic E-state index is 5.55. The molecular formula is C7H13ClN4. The number of nitrogen functional groups attached to an aromatic ring is 1. The van der Waals surface area contributed by atoms with E-state index in [4.69, 9.17) is 5.73 Å². The lowest BCUT2D eigenvalue weighted by Gasteiger charge is -2.10. The second-order valence-electron chi connectivity index (χ2n) is 2.61. The van der Waals surface area contributed by atoms with Crippen LogP contribution in [0.3, 0.4) is 0 Å². The fourth-order valence-corrected chi connectivity index (χ4v) is 0.680. The van der Waals surface area contributed by atoms with Crippen molar-refractivity contribution >= 4 is 24.0 Å². The van der Waals surface area contributed by atoms with E-state index in [9.17, 15) is 0 Å². The van der Waals surface area contributed by atoms with Crippen LogP contribution in [0, 0.1) is 6.92 Å². The molecule has 1 heterocycles. The van der Waals surface area contributed by atoms with Crippen molar-refractivity contribution in [2.24, 2.45) is 0 Å². The highest BCUT2D eigenvalue weighted by atomic mass is 35.5. The van der Waals surface area contributed by atoms with Gasteiger partial charge in [-0.2, -0.15) is 0 Å². The first-order chi connectivity index (χ1) is 5.11. The molecule has 0 saturated carbocycles. The topological polar surface area (TPSA) is 55.0 Å². The fraction of sp³-hybridized carbons (Fsp3) is 0.429. The lowest BCUT2D eigenvalue weighted by atomic mass is 10.4. The minimum Gasteiger partial charge on any atom is -0.396 e. The summed E-state index contributed by atoms with van der Waals surface area (Å²) in [5.74, 6) is 0.691. The monoisotopic (exact) mass is 188 g/mol. The SMILES string of the molecule is Cc1nc(N(C)C)ncc1N.Cl. The lowest BCUT2D eigenvalue weighted by molar-refractivity contribution is 0.980. The summed E-state index contributed by atoms with van der Waals surface area (Å²) < 4.78 is 0. The number of anilines is 2. The summed E-state index contributed by atoms with van der Waals surface area (Å²) >= 11 is 0. The molecule has 0 atom stereocenters. The highest BCUT2D eigenvalue weighted by molar-refractivity contribution is 5.85. The molecule has 1 aromatic rings. The number of aromatic nitrogens is 2. The molecule has 4 nitrogen and oxygen atoms in total. The van der Waals surface area contributed by atoms with Crippen LogP contribution >= 0.6 is 12.4 Å². The first-order valence-electron chi connectivity index (χ1n) is 3.37. The molecule has 0 aliphatic heterocycles. The largest absolute Gasteiger partial charge is 0.396 e. The molecule has 0 aromatic carbocycles. The molecule has 12 heavy (non-hydrogen) atoms. The van der Waals surface area contributed by atoms with Gasteiger partial charge in [0, 0.05) is 14.1 Å². The van der Waals surface area contributed by atoms with Gasteiger partial charge in [-0.25, -0.2) is 9.97 Å². The van der Waals surface area contributed by atoms with Gasteiger partial charge < -0.3 is 10.6 Å². The summed E-state index contributed by atoms with van der Waals surface area (Å²) in [5.41, 5.74) is 7.00. The Morgan fingerprint density at radius 2 is 2.00 bits per heavy atom. The average Bonchev–Trinajstić information content (AvgIpc) is 1.94. The molecule has 0 spiro atoms. The predicted octanol–water partition coefficient (Wildman–Crippen LogP) is 0.855. The Kier molecular flexibility index (Phi) is 3.76. The van der Waals surface area contributed by atoms with Crippen molar-refractivity contribution in [1.82, 2.24) is 9.97 Å². The van der Waals surface area contributed by atoms with Gasteiger partial charge in [0.15, 0.2) is 0 Å². The molecule has 0 amide bonds. The summed E-state index contributed by atoms with van der Waals surface area (Å²) in [6.07, 6.45) is 1.62. The van der Waals surface area contributed by atoms with Gasteiger partial charge in [-0.1, -0.05) is 0 Å². The minimum atomic E-state index is 0. The Morgan fingerprint density at radius 1 is 1.42 bits per heavy atom. The molecule has 0 bridgehead atoms. The number of halogens is 1. The van der Waals surface area contributed by atoms with Crippen LogP contribution in [0.25, 0.3) is 0 Å². The third kappa shape index (κ3) is 2.23. The van der Waals surface area contributed by atoms with Crippen LogP contribution in [0.5, 0.6) is 0 Å². The molecule has 0 saturated heterocycles. The van der Waals surface area contributed by atoms with Crippen LogP contribution in [0.2, 0.25) is 0 Å². The quantitative estimate of drug-likeness (QED) is 0.710. The number of nitrogens with zero attached hydrogens (tertiary/aromatic N) is 3. The van der Waals surface area contributed by atoms with Gasteiger partial charge in [0.25, 0.3) is 0 Å². The van der Waals surface area contributed by atoms with Crippen molar-refractivity contribution in [1.29, 1.82) is 0 Å². The zero-order valence-corrected chi connectivity index (χ0v) is 8.22. The molecule has 0 aliphatic carbocycles. The van der Waals surface area contributed by atoms with Crippen LogP contribution in [0.15, 0.2) is 6.20 Å². The first kappa shape index (κ1) is 11.0. The molecule has 1 rings (SSSR count). The smallest absolute Gasteiger partial charge is 0.225 e. The van der Waals surface area contributed by atoms with E-state index in [0.717, 1.165) is 5.69 Å². The highest BCUT2D eigenvalue weighted by Crippen LogP contribution is 2.09. The van der Waals surface area contributed by atoms with E-state index in [1.54, 1.807) is 6.20 Å². The highest BCUT2D eigenvalue weighted by Gasteiger charge is 2.00. The predicted molar refractivity (Wildman–Crippen MR) is 52.8 cm³/mol. The average molecular weight is 189 g/mol. The van der Waals surface area contributed by atoms with Crippen LogP contribution in [0.4, 0.5) is 11.6 Å².